The summed E-state index contributed by atoms with van der Waals surface area (Å²) in [4.78, 5) is 10.3. The second kappa shape index (κ2) is 4.43. The molecule has 1 aromatic carbocycles. The molecule has 1 rings (SSSR count). The number of allylic oxidation sites excluding steroid dienone is 1. The van der Waals surface area contributed by atoms with Crippen LogP contribution in [0.15, 0.2) is 18.2 Å². The van der Waals surface area contributed by atoms with Gasteiger partial charge in [-0.2, -0.15) is 0 Å². The molecule has 0 saturated carbocycles. The molecule has 0 spiro atoms. The molecular formula is C12H13ClO. The summed E-state index contributed by atoms with van der Waals surface area (Å²) in [5.74, 6) is 0. The third-order valence-corrected chi connectivity index (χ3v) is 2.45. The van der Waals surface area contributed by atoms with Gasteiger partial charge in [0, 0.05) is 0 Å². The van der Waals surface area contributed by atoms with E-state index in [1.165, 1.54) is 11.6 Å². The van der Waals surface area contributed by atoms with E-state index >= 15 is 0 Å². The fraction of sp³-hybridized carbons (Fsp3) is 0.250. The Morgan fingerprint density at radius 1 is 1.21 bits per heavy atom. The monoisotopic (exact) mass is 208 g/mol. The van der Waals surface area contributed by atoms with Gasteiger partial charge in [-0.15, -0.1) is 0 Å². The van der Waals surface area contributed by atoms with Crippen LogP contribution in [0.5, 0.6) is 0 Å². The van der Waals surface area contributed by atoms with Crippen LogP contribution in [0.1, 0.15) is 22.3 Å². The van der Waals surface area contributed by atoms with Crippen LogP contribution in [0, 0.1) is 20.8 Å². The fourth-order valence-corrected chi connectivity index (χ4v) is 2.05. The van der Waals surface area contributed by atoms with Crippen molar-refractivity contribution in [3.05, 3.63) is 40.5 Å². The maximum Gasteiger partial charge on any atom is 0.144 e. The van der Waals surface area contributed by atoms with Crippen LogP contribution < -0.4 is 0 Å². The molecule has 74 valence electrons. The standard InChI is InChI=1S/C12H13ClO/c1-8-6-9(2)12(10(3)7-8)11(13)4-5-14/h4-7H,1-3H3/b11-4-. The van der Waals surface area contributed by atoms with Crippen molar-refractivity contribution in [2.75, 3.05) is 0 Å². The van der Waals surface area contributed by atoms with Crippen LogP contribution in [0.25, 0.3) is 5.03 Å². The summed E-state index contributed by atoms with van der Waals surface area (Å²) < 4.78 is 0. The van der Waals surface area contributed by atoms with E-state index in [1.54, 1.807) is 0 Å². The molecule has 0 aliphatic carbocycles. The first-order valence-electron chi connectivity index (χ1n) is 4.45. The van der Waals surface area contributed by atoms with Gasteiger partial charge in [0.05, 0.1) is 5.03 Å². The molecule has 0 aliphatic heterocycles. The van der Waals surface area contributed by atoms with Gasteiger partial charge in [0.1, 0.15) is 6.29 Å². The molecular weight excluding hydrogens is 196 g/mol. The largest absolute Gasteiger partial charge is 0.299 e. The quantitative estimate of drug-likeness (QED) is 0.538. The van der Waals surface area contributed by atoms with Gasteiger partial charge in [-0.05, 0) is 43.5 Å². The minimum absolute atomic E-state index is 0.509. The molecule has 0 amide bonds. The molecule has 0 radical (unpaired) electrons. The van der Waals surface area contributed by atoms with Gasteiger partial charge < -0.3 is 0 Å². The van der Waals surface area contributed by atoms with Gasteiger partial charge >= 0.3 is 0 Å². The zero-order valence-corrected chi connectivity index (χ0v) is 9.35. The van der Waals surface area contributed by atoms with E-state index in [9.17, 15) is 4.79 Å². The van der Waals surface area contributed by atoms with E-state index in [4.69, 9.17) is 11.6 Å². The zero-order valence-electron chi connectivity index (χ0n) is 8.60. The Labute approximate surface area is 89.4 Å². The first kappa shape index (κ1) is 11.0. The minimum Gasteiger partial charge on any atom is -0.299 e. The number of carbonyl (C=O) groups excluding carboxylic acids is 1. The van der Waals surface area contributed by atoms with Crippen molar-refractivity contribution in [1.29, 1.82) is 0 Å². The van der Waals surface area contributed by atoms with Crippen molar-refractivity contribution in [3.63, 3.8) is 0 Å². The normalized spacial score (nSPS) is 11.6. The second-order valence-corrected chi connectivity index (χ2v) is 3.83. The van der Waals surface area contributed by atoms with Gasteiger partial charge in [0.25, 0.3) is 0 Å². The first-order valence-corrected chi connectivity index (χ1v) is 4.83. The van der Waals surface area contributed by atoms with Crippen LogP contribution in [-0.2, 0) is 4.79 Å². The number of aryl methyl sites for hydroxylation is 3. The van der Waals surface area contributed by atoms with E-state index in [0.717, 1.165) is 16.7 Å². The minimum atomic E-state index is 0.509. The topological polar surface area (TPSA) is 17.1 Å². The van der Waals surface area contributed by atoms with E-state index in [-0.39, 0.29) is 0 Å². The maximum absolute atomic E-state index is 10.3. The number of halogens is 1. The lowest BCUT2D eigenvalue weighted by atomic mass is 9.99. The molecule has 0 atom stereocenters. The van der Waals surface area contributed by atoms with Crippen LogP contribution in [0.4, 0.5) is 0 Å². The Hall–Kier alpha value is -1.08. The molecule has 1 nitrogen and oxygen atoms in total. The fourth-order valence-electron chi connectivity index (χ4n) is 1.70. The average molecular weight is 209 g/mol. The summed E-state index contributed by atoms with van der Waals surface area (Å²) in [6.45, 7) is 6.04. The van der Waals surface area contributed by atoms with E-state index in [0.29, 0.717) is 11.3 Å². The number of aldehydes is 1. The van der Waals surface area contributed by atoms with Crippen LogP contribution in [0.2, 0.25) is 0 Å². The van der Waals surface area contributed by atoms with Gasteiger partial charge in [-0.3, -0.25) is 4.79 Å². The molecule has 0 aliphatic rings. The third kappa shape index (κ3) is 2.24. The molecule has 0 bridgehead atoms. The summed E-state index contributed by atoms with van der Waals surface area (Å²) in [6.07, 6.45) is 2.09. The molecule has 0 unspecified atom stereocenters. The van der Waals surface area contributed by atoms with Gasteiger partial charge in [0.15, 0.2) is 0 Å². The SMILES string of the molecule is Cc1cc(C)c(/C(Cl)=C/C=O)c(C)c1. The van der Waals surface area contributed by atoms with E-state index in [2.05, 4.69) is 12.1 Å². The molecule has 0 fully saturated rings. The number of benzene rings is 1. The summed E-state index contributed by atoms with van der Waals surface area (Å²) >= 11 is 6.00. The van der Waals surface area contributed by atoms with Gasteiger partial charge in [-0.25, -0.2) is 0 Å². The third-order valence-electron chi connectivity index (χ3n) is 2.13. The number of rotatable bonds is 2. The van der Waals surface area contributed by atoms with Crippen molar-refractivity contribution in [3.8, 4) is 0 Å². The molecule has 0 aromatic heterocycles. The Morgan fingerprint density at radius 2 is 1.71 bits per heavy atom. The summed E-state index contributed by atoms with van der Waals surface area (Å²) in [5, 5.41) is 0.509. The second-order valence-electron chi connectivity index (χ2n) is 3.42. The predicted octanol–water partition coefficient (Wildman–Crippen LogP) is 3.39. The average Bonchev–Trinajstić information content (AvgIpc) is 2.01. The highest BCUT2D eigenvalue weighted by Crippen LogP contribution is 2.26. The molecule has 0 heterocycles. The van der Waals surface area contributed by atoms with Crippen LogP contribution in [-0.4, -0.2) is 6.29 Å². The lowest BCUT2D eigenvalue weighted by molar-refractivity contribution is -0.104. The molecule has 1 aromatic rings. The molecule has 14 heavy (non-hydrogen) atoms. The zero-order chi connectivity index (χ0) is 10.7. The first-order chi connectivity index (χ1) is 6.56. The molecule has 0 saturated heterocycles. The number of hydrogen-bond acceptors (Lipinski definition) is 1. The predicted molar refractivity (Wildman–Crippen MR) is 60.5 cm³/mol. The number of carbonyl (C=O) groups is 1. The molecule has 2 heteroatoms. The van der Waals surface area contributed by atoms with Crippen molar-refractivity contribution < 1.29 is 4.79 Å². The maximum atomic E-state index is 10.3. The highest BCUT2D eigenvalue weighted by Gasteiger charge is 2.06. The Bertz CT molecular complexity index is 368. The van der Waals surface area contributed by atoms with Gasteiger partial charge in [-0.1, -0.05) is 29.3 Å². The van der Waals surface area contributed by atoms with Crippen molar-refractivity contribution in [1.82, 2.24) is 0 Å². The van der Waals surface area contributed by atoms with E-state index < -0.39 is 0 Å². The summed E-state index contributed by atoms with van der Waals surface area (Å²) in [5.41, 5.74) is 4.37. The Morgan fingerprint density at radius 3 is 2.14 bits per heavy atom. The van der Waals surface area contributed by atoms with E-state index in [1.807, 2.05) is 20.8 Å². The molecule has 0 N–H and O–H groups in total. The number of hydrogen-bond donors (Lipinski definition) is 0. The van der Waals surface area contributed by atoms with Crippen LogP contribution in [0.3, 0.4) is 0 Å². The summed E-state index contributed by atoms with van der Waals surface area (Å²) in [6, 6.07) is 4.12. The van der Waals surface area contributed by atoms with Crippen molar-refractivity contribution >= 4 is 22.9 Å². The van der Waals surface area contributed by atoms with Crippen LogP contribution >= 0.6 is 11.6 Å². The highest BCUT2D eigenvalue weighted by molar-refractivity contribution is 6.50. The lowest BCUT2D eigenvalue weighted by Crippen LogP contribution is -1.91. The Kier molecular flexibility index (Phi) is 3.48. The van der Waals surface area contributed by atoms with Gasteiger partial charge in [0.2, 0.25) is 0 Å². The highest BCUT2D eigenvalue weighted by atomic mass is 35.5. The smallest absolute Gasteiger partial charge is 0.144 e. The lowest BCUT2D eigenvalue weighted by Gasteiger charge is -2.09. The Balaban J connectivity index is 3.34. The summed E-state index contributed by atoms with van der Waals surface area (Å²) in [7, 11) is 0. The van der Waals surface area contributed by atoms with Crippen molar-refractivity contribution in [2.24, 2.45) is 0 Å². The van der Waals surface area contributed by atoms with Crippen molar-refractivity contribution in [2.45, 2.75) is 20.8 Å².